The molecule has 0 aliphatic carbocycles. The van der Waals surface area contributed by atoms with Crippen molar-refractivity contribution in [3.63, 3.8) is 0 Å². The average Bonchev–Trinajstić information content (AvgIpc) is 2.65. The third-order valence-corrected chi connectivity index (χ3v) is 4.52. The van der Waals surface area contributed by atoms with Crippen molar-refractivity contribution in [2.24, 2.45) is 5.92 Å². The fourth-order valence-electron chi connectivity index (χ4n) is 2.89. The molecule has 2 heterocycles. The Morgan fingerprint density at radius 3 is 2.67 bits per heavy atom. The topological polar surface area (TPSA) is 63.7 Å². The average molecular weight is 369 g/mol. The predicted octanol–water partition coefficient (Wildman–Crippen LogP) is 4.19. The standard InChI is InChI=1S/C21H27N3O3/c1-2-3-11-26-19-7-4-8-20(13-19)27-12-9-17-15-24(16-17)21(25)23-18-6-5-10-22-14-18/h4-8,10,13-14,17H,2-3,9,11-12,15-16H2,1H3,(H,23,25). The number of amides is 2. The fourth-order valence-corrected chi connectivity index (χ4v) is 2.89. The first kappa shape index (κ1) is 19.0. The molecule has 2 amide bonds. The minimum Gasteiger partial charge on any atom is -0.493 e. The molecule has 3 rings (SSSR count). The van der Waals surface area contributed by atoms with Crippen molar-refractivity contribution in [3.8, 4) is 11.5 Å². The minimum atomic E-state index is -0.0721. The van der Waals surface area contributed by atoms with Crippen molar-refractivity contribution in [3.05, 3.63) is 48.8 Å². The lowest BCUT2D eigenvalue weighted by Crippen LogP contribution is -2.52. The molecule has 0 atom stereocenters. The number of nitrogens with zero attached hydrogens (tertiary/aromatic N) is 2. The van der Waals surface area contributed by atoms with E-state index in [1.54, 1.807) is 23.4 Å². The van der Waals surface area contributed by atoms with Crippen molar-refractivity contribution in [2.75, 3.05) is 31.6 Å². The van der Waals surface area contributed by atoms with Crippen LogP contribution >= 0.6 is 0 Å². The number of unbranched alkanes of at least 4 members (excludes halogenated alkanes) is 1. The molecule has 27 heavy (non-hydrogen) atoms. The second-order valence-electron chi connectivity index (χ2n) is 6.76. The Labute approximate surface area is 160 Å². The normalized spacial score (nSPS) is 13.7. The number of hydrogen-bond donors (Lipinski definition) is 1. The molecule has 1 fully saturated rings. The lowest BCUT2D eigenvalue weighted by molar-refractivity contribution is 0.113. The molecule has 1 aliphatic heterocycles. The largest absolute Gasteiger partial charge is 0.493 e. The van der Waals surface area contributed by atoms with Crippen molar-refractivity contribution >= 4 is 11.7 Å². The van der Waals surface area contributed by atoms with Crippen LogP contribution in [0, 0.1) is 5.92 Å². The second-order valence-corrected chi connectivity index (χ2v) is 6.76. The molecule has 0 radical (unpaired) electrons. The molecule has 0 spiro atoms. The lowest BCUT2D eigenvalue weighted by Gasteiger charge is -2.39. The number of likely N-dealkylation sites (tertiary alicyclic amines) is 1. The summed E-state index contributed by atoms with van der Waals surface area (Å²) >= 11 is 0. The highest BCUT2D eigenvalue weighted by molar-refractivity contribution is 5.89. The molecule has 0 saturated carbocycles. The van der Waals surface area contributed by atoms with Crippen LogP contribution in [-0.4, -0.2) is 42.2 Å². The van der Waals surface area contributed by atoms with Crippen LogP contribution in [-0.2, 0) is 0 Å². The molecule has 2 aromatic rings. The van der Waals surface area contributed by atoms with Crippen LogP contribution in [0.25, 0.3) is 0 Å². The van der Waals surface area contributed by atoms with E-state index < -0.39 is 0 Å². The highest BCUT2D eigenvalue weighted by Crippen LogP contribution is 2.23. The Morgan fingerprint density at radius 2 is 1.96 bits per heavy atom. The molecule has 0 bridgehead atoms. The van der Waals surface area contributed by atoms with Gasteiger partial charge >= 0.3 is 6.03 Å². The maximum Gasteiger partial charge on any atom is 0.321 e. The van der Waals surface area contributed by atoms with Crippen LogP contribution in [0.15, 0.2) is 48.8 Å². The van der Waals surface area contributed by atoms with E-state index in [0.717, 1.165) is 56.1 Å². The van der Waals surface area contributed by atoms with Gasteiger partial charge < -0.3 is 19.7 Å². The number of carbonyl (C=O) groups is 1. The summed E-state index contributed by atoms with van der Waals surface area (Å²) in [7, 11) is 0. The van der Waals surface area contributed by atoms with Gasteiger partial charge in [-0.3, -0.25) is 4.98 Å². The number of nitrogens with one attached hydrogen (secondary N) is 1. The van der Waals surface area contributed by atoms with E-state index in [9.17, 15) is 4.79 Å². The molecule has 144 valence electrons. The number of rotatable bonds is 9. The van der Waals surface area contributed by atoms with Gasteiger partial charge in [-0.1, -0.05) is 19.4 Å². The van der Waals surface area contributed by atoms with Gasteiger partial charge in [-0.15, -0.1) is 0 Å². The molecule has 1 N–H and O–H groups in total. The van der Waals surface area contributed by atoms with Crippen molar-refractivity contribution in [1.82, 2.24) is 9.88 Å². The SMILES string of the molecule is CCCCOc1cccc(OCCC2CN(C(=O)Nc3cccnc3)C2)c1. The molecular weight excluding hydrogens is 342 g/mol. The van der Waals surface area contributed by atoms with Gasteiger partial charge in [0.1, 0.15) is 11.5 Å². The van der Waals surface area contributed by atoms with Gasteiger partial charge in [0.05, 0.1) is 25.1 Å². The quantitative estimate of drug-likeness (QED) is 0.673. The molecule has 1 aromatic heterocycles. The van der Waals surface area contributed by atoms with Crippen LogP contribution in [0.4, 0.5) is 10.5 Å². The lowest BCUT2D eigenvalue weighted by atomic mass is 9.97. The van der Waals surface area contributed by atoms with Gasteiger partial charge in [-0.25, -0.2) is 4.79 Å². The fraction of sp³-hybridized carbons (Fsp3) is 0.429. The first-order valence-corrected chi connectivity index (χ1v) is 9.56. The van der Waals surface area contributed by atoms with Gasteiger partial charge in [0, 0.05) is 25.4 Å². The van der Waals surface area contributed by atoms with Gasteiger partial charge in [0.25, 0.3) is 0 Å². The summed E-state index contributed by atoms with van der Waals surface area (Å²) in [5.41, 5.74) is 0.718. The van der Waals surface area contributed by atoms with Crippen LogP contribution < -0.4 is 14.8 Å². The van der Waals surface area contributed by atoms with Crippen LogP contribution in [0.2, 0.25) is 0 Å². The van der Waals surface area contributed by atoms with E-state index in [-0.39, 0.29) is 6.03 Å². The maximum absolute atomic E-state index is 12.1. The predicted molar refractivity (Wildman–Crippen MR) is 105 cm³/mol. The highest BCUT2D eigenvalue weighted by Gasteiger charge is 2.30. The van der Waals surface area contributed by atoms with Gasteiger partial charge in [0.2, 0.25) is 0 Å². The second kappa shape index (κ2) is 9.80. The molecule has 1 aliphatic rings. The number of urea groups is 1. The zero-order chi connectivity index (χ0) is 18.9. The molecule has 6 nitrogen and oxygen atoms in total. The molecule has 1 saturated heterocycles. The number of aromatic nitrogens is 1. The zero-order valence-electron chi connectivity index (χ0n) is 15.8. The van der Waals surface area contributed by atoms with E-state index in [4.69, 9.17) is 9.47 Å². The first-order chi connectivity index (χ1) is 13.2. The van der Waals surface area contributed by atoms with Gasteiger partial charge in [0.15, 0.2) is 0 Å². The number of anilines is 1. The zero-order valence-corrected chi connectivity index (χ0v) is 15.8. The molecule has 6 heteroatoms. The van der Waals surface area contributed by atoms with Crippen molar-refractivity contribution in [1.29, 1.82) is 0 Å². The summed E-state index contributed by atoms with van der Waals surface area (Å²) in [5.74, 6) is 2.16. The smallest absolute Gasteiger partial charge is 0.321 e. The maximum atomic E-state index is 12.1. The number of hydrogen-bond acceptors (Lipinski definition) is 4. The summed E-state index contributed by atoms with van der Waals surface area (Å²) in [4.78, 5) is 17.9. The number of benzene rings is 1. The van der Waals surface area contributed by atoms with Crippen LogP contribution in [0.3, 0.4) is 0 Å². The monoisotopic (exact) mass is 369 g/mol. The summed E-state index contributed by atoms with van der Waals surface area (Å²) < 4.78 is 11.5. The minimum absolute atomic E-state index is 0.0721. The Balaban J connectivity index is 1.33. The van der Waals surface area contributed by atoms with Gasteiger partial charge in [-0.2, -0.15) is 0 Å². The number of pyridine rings is 1. The Morgan fingerprint density at radius 1 is 1.19 bits per heavy atom. The van der Waals surface area contributed by atoms with Crippen LogP contribution in [0.1, 0.15) is 26.2 Å². The summed E-state index contributed by atoms with van der Waals surface area (Å²) in [5, 5.41) is 2.85. The van der Waals surface area contributed by atoms with E-state index in [1.165, 1.54) is 0 Å². The third kappa shape index (κ3) is 5.88. The summed E-state index contributed by atoms with van der Waals surface area (Å²) in [6.45, 7) is 5.04. The molecular formula is C21H27N3O3. The molecule has 0 unspecified atom stereocenters. The van der Waals surface area contributed by atoms with Crippen molar-refractivity contribution < 1.29 is 14.3 Å². The number of ether oxygens (including phenoxy) is 2. The van der Waals surface area contributed by atoms with Crippen molar-refractivity contribution in [2.45, 2.75) is 26.2 Å². The highest BCUT2D eigenvalue weighted by atomic mass is 16.5. The van der Waals surface area contributed by atoms with Gasteiger partial charge in [-0.05, 0) is 43.0 Å². The van der Waals surface area contributed by atoms with E-state index in [1.807, 2.05) is 30.3 Å². The summed E-state index contributed by atoms with van der Waals surface area (Å²) in [6, 6.07) is 11.3. The van der Waals surface area contributed by atoms with E-state index in [2.05, 4.69) is 17.2 Å². The van der Waals surface area contributed by atoms with E-state index in [0.29, 0.717) is 12.5 Å². The Kier molecular flexibility index (Phi) is 6.90. The Hall–Kier alpha value is -2.76. The molecule has 1 aromatic carbocycles. The first-order valence-electron chi connectivity index (χ1n) is 9.56. The number of carbonyl (C=O) groups excluding carboxylic acids is 1. The van der Waals surface area contributed by atoms with Crippen LogP contribution in [0.5, 0.6) is 11.5 Å². The Bertz CT molecular complexity index is 718. The summed E-state index contributed by atoms with van der Waals surface area (Å²) in [6.07, 6.45) is 6.43. The third-order valence-electron chi connectivity index (χ3n) is 4.52. The van der Waals surface area contributed by atoms with E-state index >= 15 is 0 Å².